The fourth-order valence-electron chi connectivity index (χ4n) is 1.59. The SMILES string of the molecule is CCc1ccc(S(=O)(=O)NCCCN(C)C)cc1.[Cl-]. The van der Waals surface area contributed by atoms with E-state index >= 15 is 0 Å². The lowest BCUT2D eigenvalue weighted by Gasteiger charge is -2.10. The Hall–Kier alpha value is -0.620. The Labute approximate surface area is 122 Å². The van der Waals surface area contributed by atoms with Crippen molar-refractivity contribution in [3.05, 3.63) is 29.8 Å². The van der Waals surface area contributed by atoms with E-state index in [2.05, 4.69) is 4.72 Å². The van der Waals surface area contributed by atoms with Crippen molar-refractivity contribution in [1.29, 1.82) is 0 Å². The van der Waals surface area contributed by atoms with Gasteiger partial charge in [-0.25, -0.2) is 13.1 Å². The number of nitrogens with zero attached hydrogens (tertiary/aromatic N) is 1. The molecule has 0 aliphatic rings. The Morgan fingerprint density at radius 2 is 1.74 bits per heavy atom. The summed E-state index contributed by atoms with van der Waals surface area (Å²) >= 11 is 0. The second-order valence-corrected chi connectivity index (χ2v) is 6.32. The topological polar surface area (TPSA) is 49.4 Å². The molecule has 0 aromatic heterocycles. The van der Waals surface area contributed by atoms with Crippen LogP contribution in [0.5, 0.6) is 0 Å². The van der Waals surface area contributed by atoms with E-state index in [0.717, 1.165) is 24.9 Å². The zero-order valence-corrected chi connectivity index (χ0v) is 13.3. The van der Waals surface area contributed by atoms with Crippen molar-refractivity contribution < 1.29 is 20.8 Å². The average Bonchev–Trinajstić information content (AvgIpc) is 2.34. The van der Waals surface area contributed by atoms with Gasteiger partial charge in [-0.15, -0.1) is 0 Å². The zero-order chi connectivity index (χ0) is 13.6. The molecule has 0 amide bonds. The molecule has 0 atom stereocenters. The fraction of sp³-hybridized carbons (Fsp3) is 0.538. The van der Waals surface area contributed by atoms with E-state index < -0.39 is 10.0 Å². The molecule has 110 valence electrons. The van der Waals surface area contributed by atoms with Crippen LogP contribution in [0.3, 0.4) is 0 Å². The van der Waals surface area contributed by atoms with Gasteiger partial charge < -0.3 is 17.3 Å². The summed E-state index contributed by atoms with van der Waals surface area (Å²) in [6.45, 7) is 3.39. The second-order valence-electron chi connectivity index (χ2n) is 4.55. The highest BCUT2D eigenvalue weighted by Gasteiger charge is 2.12. The predicted octanol–water partition coefficient (Wildman–Crippen LogP) is -1.52. The number of sulfonamides is 1. The van der Waals surface area contributed by atoms with Gasteiger partial charge in [0.15, 0.2) is 0 Å². The Kier molecular flexibility index (Phi) is 8.25. The molecule has 0 fully saturated rings. The lowest BCUT2D eigenvalue weighted by molar-refractivity contribution is -0.00000647. The summed E-state index contributed by atoms with van der Waals surface area (Å²) in [5, 5.41) is 0. The molecule has 0 radical (unpaired) electrons. The molecule has 0 spiro atoms. The maximum atomic E-state index is 12.0. The van der Waals surface area contributed by atoms with Crippen molar-refractivity contribution >= 4 is 10.0 Å². The number of hydrogen-bond acceptors (Lipinski definition) is 3. The molecule has 1 aromatic carbocycles. The summed E-state index contributed by atoms with van der Waals surface area (Å²) < 4.78 is 26.5. The zero-order valence-electron chi connectivity index (χ0n) is 11.7. The molecule has 1 aromatic rings. The first-order chi connectivity index (χ1) is 8.45. The third-order valence-electron chi connectivity index (χ3n) is 2.72. The predicted molar refractivity (Wildman–Crippen MR) is 74.2 cm³/mol. The monoisotopic (exact) mass is 305 g/mol. The van der Waals surface area contributed by atoms with Crippen molar-refractivity contribution in [2.75, 3.05) is 27.2 Å². The van der Waals surface area contributed by atoms with Crippen LogP contribution < -0.4 is 17.1 Å². The standard InChI is InChI=1S/C13H22N2O2S.ClH/c1-4-12-6-8-13(9-7-12)18(16,17)14-10-5-11-15(2)3;/h6-9,14H,4-5,10-11H2,1-3H3;1H/p-1. The van der Waals surface area contributed by atoms with Gasteiger partial charge >= 0.3 is 0 Å². The van der Waals surface area contributed by atoms with Crippen LogP contribution in [0.4, 0.5) is 0 Å². The summed E-state index contributed by atoms with van der Waals surface area (Å²) in [6, 6.07) is 7.03. The normalized spacial score (nSPS) is 11.4. The summed E-state index contributed by atoms with van der Waals surface area (Å²) in [4.78, 5) is 2.37. The molecule has 19 heavy (non-hydrogen) atoms. The maximum Gasteiger partial charge on any atom is 0.240 e. The molecule has 0 saturated heterocycles. The number of nitrogens with one attached hydrogen (secondary N) is 1. The highest BCUT2D eigenvalue weighted by Crippen LogP contribution is 2.10. The largest absolute Gasteiger partial charge is 1.00 e. The second kappa shape index (κ2) is 8.53. The molecule has 0 aliphatic carbocycles. The smallest absolute Gasteiger partial charge is 0.240 e. The molecule has 0 heterocycles. The van der Waals surface area contributed by atoms with Crippen molar-refractivity contribution in [2.45, 2.75) is 24.7 Å². The minimum absolute atomic E-state index is 0. The van der Waals surface area contributed by atoms with Gasteiger partial charge in [-0.1, -0.05) is 19.1 Å². The minimum atomic E-state index is -3.35. The van der Waals surface area contributed by atoms with Crippen LogP contribution in [0.25, 0.3) is 0 Å². The van der Waals surface area contributed by atoms with Crippen molar-refractivity contribution in [3.8, 4) is 0 Å². The molecule has 0 bridgehead atoms. The molecule has 4 nitrogen and oxygen atoms in total. The first kappa shape index (κ1) is 18.4. The molecule has 0 saturated carbocycles. The number of rotatable bonds is 7. The summed E-state index contributed by atoms with van der Waals surface area (Å²) in [5.41, 5.74) is 1.14. The van der Waals surface area contributed by atoms with Crippen molar-refractivity contribution in [3.63, 3.8) is 0 Å². The van der Waals surface area contributed by atoms with Gasteiger partial charge in [0, 0.05) is 6.54 Å². The third-order valence-corrected chi connectivity index (χ3v) is 4.19. The highest BCUT2D eigenvalue weighted by atomic mass is 35.5. The molecule has 0 unspecified atom stereocenters. The quantitative estimate of drug-likeness (QED) is 0.623. The van der Waals surface area contributed by atoms with E-state index in [1.807, 2.05) is 38.1 Å². The first-order valence-corrected chi connectivity index (χ1v) is 7.67. The third kappa shape index (κ3) is 6.38. The first-order valence-electron chi connectivity index (χ1n) is 6.19. The number of benzene rings is 1. The highest BCUT2D eigenvalue weighted by molar-refractivity contribution is 7.89. The lowest BCUT2D eigenvalue weighted by Crippen LogP contribution is -3.00. The molecular formula is C13H22ClN2O2S-. The van der Waals surface area contributed by atoms with E-state index in [4.69, 9.17) is 0 Å². The summed E-state index contributed by atoms with van der Waals surface area (Å²) in [6.07, 6.45) is 1.72. The van der Waals surface area contributed by atoms with Gasteiger partial charge in [-0.05, 0) is 51.2 Å². The van der Waals surface area contributed by atoms with Gasteiger partial charge in [-0.2, -0.15) is 0 Å². The molecule has 1 rings (SSSR count). The van der Waals surface area contributed by atoms with E-state index in [9.17, 15) is 8.42 Å². The van der Waals surface area contributed by atoms with E-state index in [0.29, 0.717) is 11.4 Å². The summed E-state index contributed by atoms with van der Waals surface area (Å²) in [5.74, 6) is 0. The minimum Gasteiger partial charge on any atom is -1.00 e. The van der Waals surface area contributed by atoms with Crippen LogP contribution in [-0.2, 0) is 16.4 Å². The van der Waals surface area contributed by atoms with Crippen molar-refractivity contribution in [1.82, 2.24) is 9.62 Å². The molecular weight excluding hydrogens is 284 g/mol. The van der Waals surface area contributed by atoms with Gasteiger partial charge in [-0.3, -0.25) is 0 Å². The fourth-order valence-corrected chi connectivity index (χ4v) is 2.66. The van der Waals surface area contributed by atoms with E-state index in [1.165, 1.54) is 0 Å². The van der Waals surface area contributed by atoms with Gasteiger partial charge in [0.1, 0.15) is 0 Å². The van der Waals surface area contributed by atoms with Gasteiger partial charge in [0.25, 0.3) is 0 Å². The number of halogens is 1. The molecule has 1 N–H and O–H groups in total. The van der Waals surface area contributed by atoms with E-state index in [-0.39, 0.29) is 12.4 Å². The van der Waals surface area contributed by atoms with Crippen LogP contribution >= 0.6 is 0 Å². The van der Waals surface area contributed by atoms with E-state index in [1.54, 1.807) is 12.1 Å². The molecule has 0 aliphatic heterocycles. The average molecular weight is 306 g/mol. The Morgan fingerprint density at radius 3 is 2.21 bits per heavy atom. The lowest BCUT2D eigenvalue weighted by atomic mass is 10.2. The van der Waals surface area contributed by atoms with Crippen LogP contribution in [-0.4, -0.2) is 40.5 Å². The number of aryl methyl sites for hydroxylation is 1. The van der Waals surface area contributed by atoms with Crippen molar-refractivity contribution in [2.24, 2.45) is 0 Å². The Balaban J connectivity index is 0.00000324. The van der Waals surface area contributed by atoms with Crippen LogP contribution in [0.2, 0.25) is 0 Å². The van der Waals surface area contributed by atoms with Gasteiger partial charge in [0.2, 0.25) is 10.0 Å². The maximum absolute atomic E-state index is 12.0. The van der Waals surface area contributed by atoms with Crippen LogP contribution in [0.1, 0.15) is 18.9 Å². The number of hydrogen-bond donors (Lipinski definition) is 1. The van der Waals surface area contributed by atoms with Crippen LogP contribution in [0, 0.1) is 0 Å². The Bertz CT molecular complexity index is 458. The summed E-state index contributed by atoms with van der Waals surface area (Å²) in [7, 11) is 0.589. The molecule has 6 heteroatoms. The Morgan fingerprint density at radius 1 is 1.16 bits per heavy atom. The van der Waals surface area contributed by atoms with Crippen LogP contribution in [0.15, 0.2) is 29.2 Å². The van der Waals surface area contributed by atoms with Gasteiger partial charge in [0.05, 0.1) is 4.90 Å².